The molecule has 0 fully saturated rings. The van der Waals surface area contributed by atoms with Gasteiger partial charge in [-0.15, -0.1) is 0 Å². The van der Waals surface area contributed by atoms with Crippen molar-refractivity contribution in [3.63, 3.8) is 0 Å². The number of benzene rings is 2. The van der Waals surface area contributed by atoms with Crippen molar-refractivity contribution in [2.75, 3.05) is 0 Å². The van der Waals surface area contributed by atoms with Gasteiger partial charge in [-0.3, -0.25) is 0 Å². The van der Waals surface area contributed by atoms with Gasteiger partial charge in [0.05, 0.1) is 0 Å². The fourth-order valence-corrected chi connectivity index (χ4v) is 3.24. The van der Waals surface area contributed by atoms with Crippen LogP contribution in [0.4, 0.5) is 0 Å². The normalized spacial score (nSPS) is 16.8. The highest BCUT2D eigenvalue weighted by atomic mass is 14.1. The third-order valence-electron chi connectivity index (χ3n) is 4.66. The van der Waals surface area contributed by atoms with E-state index in [-0.39, 0.29) is 0 Å². The first-order valence-electron chi connectivity index (χ1n) is 8.56. The Morgan fingerprint density at radius 2 is 0.571 bits per heavy atom. The summed E-state index contributed by atoms with van der Waals surface area (Å²) in [6.07, 6.45) is 11.5. The molecule has 110 valence electrons. The SMILES string of the molecule is c1cc2ccc1CCCCCc1ccc(cc1)CCCC2. The van der Waals surface area contributed by atoms with E-state index in [9.17, 15) is 0 Å². The Morgan fingerprint density at radius 3 is 0.857 bits per heavy atom. The molecule has 0 amide bonds. The first kappa shape index (κ1) is 14.4. The van der Waals surface area contributed by atoms with Gasteiger partial charge in [0.1, 0.15) is 0 Å². The Morgan fingerprint density at radius 1 is 0.333 bits per heavy atom. The smallest absolute Gasteiger partial charge is 0.0279 e. The minimum absolute atomic E-state index is 1.22. The molecule has 0 heteroatoms. The van der Waals surface area contributed by atoms with Gasteiger partial charge in [-0.05, 0) is 73.6 Å². The van der Waals surface area contributed by atoms with Crippen molar-refractivity contribution in [1.29, 1.82) is 0 Å². The van der Waals surface area contributed by atoms with Gasteiger partial charge in [0.15, 0.2) is 0 Å². The Kier molecular flexibility index (Phi) is 5.10. The van der Waals surface area contributed by atoms with Crippen molar-refractivity contribution in [2.24, 2.45) is 0 Å². The molecule has 4 aliphatic carbocycles. The molecular formula is C21H26. The van der Waals surface area contributed by atoms with Crippen molar-refractivity contribution in [3.05, 3.63) is 70.8 Å². The van der Waals surface area contributed by atoms with E-state index < -0.39 is 0 Å². The number of rotatable bonds is 0. The average molecular weight is 278 g/mol. The minimum Gasteiger partial charge on any atom is -0.0588 e. The summed E-state index contributed by atoms with van der Waals surface area (Å²) in [7, 11) is 0. The van der Waals surface area contributed by atoms with Gasteiger partial charge >= 0.3 is 0 Å². The van der Waals surface area contributed by atoms with Crippen molar-refractivity contribution in [3.8, 4) is 0 Å². The minimum atomic E-state index is 1.22. The average Bonchev–Trinajstić information content (AvgIpc) is 2.54. The molecule has 4 bridgehead atoms. The maximum atomic E-state index is 2.34. The topological polar surface area (TPSA) is 0 Å². The second-order valence-corrected chi connectivity index (χ2v) is 6.40. The second kappa shape index (κ2) is 7.45. The standard InChI is InChI=1S/C21H26/c1-2-6-18-10-14-20(15-11-18)8-4-5-9-21-16-12-19(7-3-1)13-17-21/h10-17H,1-9H2. The molecule has 0 radical (unpaired) electrons. The molecule has 2 aromatic carbocycles. The summed E-state index contributed by atoms with van der Waals surface area (Å²) in [6, 6.07) is 18.7. The lowest BCUT2D eigenvalue weighted by atomic mass is 10.0. The van der Waals surface area contributed by atoms with Gasteiger partial charge in [0.2, 0.25) is 0 Å². The van der Waals surface area contributed by atoms with E-state index in [4.69, 9.17) is 0 Å². The molecule has 0 spiro atoms. The van der Waals surface area contributed by atoms with Gasteiger partial charge in [-0.2, -0.15) is 0 Å². The molecule has 0 aromatic heterocycles. The third-order valence-corrected chi connectivity index (χ3v) is 4.66. The van der Waals surface area contributed by atoms with Crippen LogP contribution < -0.4 is 0 Å². The van der Waals surface area contributed by atoms with Crippen molar-refractivity contribution >= 4 is 0 Å². The molecule has 0 nitrogen and oxygen atoms in total. The van der Waals surface area contributed by atoms with E-state index in [2.05, 4.69) is 48.5 Å². The summed E-state index contributed by atoms with van der Waals surface area (Å²) < 4.78 is 0. The first-order valence-corrected chi connectivity index (χ1v) is 8.56. The van der Waals surface area contributed by atoms with Crippen molar-refractivity contribution in [1.82, 2.24) is 0 Å². The molecular weight excluding hydrogens is 252 g/mol. The molecule has 0 saturated carbocycles. The maximum absolute atomic E-state index is 2.34. The van der Waals surface area contributed by atoms with Crippen LogP contribution in [0, 0.1) is 0 Å². The van der Waals surface area contributed by atoms with E-state index in [1.54, 1.807) is 0 Å². The van der Waals surface area contributed by atoms with Crippen LogP contribution in [0.2, 0.25) is 0 Å². The van der Waals surface area contributed by atoms with Crippen LogP contribution >= 0.6 is 0 Å². The lowest BCUT2D eigenvalue weighted by Gasteiger charge is -2.05. The number of hydrogen-bond donors (Lipinski definition) is 0. The Balaban J connectivity index is 1.67. The fourth-order valence-electron chi connectivity index (χ4n) is 3.24. The lowest BCUT2D eigenvalue weighted by molar-refractivity contribution is 0.678. The van der Waals surface area contributed by atoms with Crippen molar-refractivity contribution < 1.29 is 0 Å². The second-order valence-electron chi connectivity index (χ2n) is 6.40. The van der Waals surface area contributed by atoms with Crippen LogP contribution in [-0.2, 0) is 25.7 Å². The highest BCUT2D eigenvalue weighted by molar-refractivity contribution is 5.24. The number of hydrogen-bond acceptors (Lipinski definition) is 0. The highest BCUT2D eigenvalue weighted by Gasteiger charge is 2.00. The molecule has 0 unspecified atom stereocenters. The zero-order chi connectivity index (χ0) is 14.3. The van der Waals surface area contributed by atoms with E-state index >= 15 is 0 Å². The Bertz CT molecular complexity index is 482. The van der Waals surface area contributed by atoms with Crippen LogP contribution in [0.3, 0.4) is 0 Å². The van der Waals surface area contributed by atoms with Crippen LogP contribution in [-0.4, -0.2) is 0 Å². The van der Waals surface area contributed by atoms with Crippen LogP contribution in [0.5, 0.6) is 0 Å². The summed E-state index contributed by atoms with van der Waals surface area (Å²) in [6.45, 7) is 0. The maximum Gasteiger partial charge on any atom is -0.0279 e. The number of aryl methyl sites for hydroxylation is 4. The quantitative estimate of drug-likeness (QED) is 0.595. The summed E-state index contributed by atoms with van der Waals surface area (Å²) in [5, 5.41) is 0. The summed E-state index contributed by atoms with van der Waals surface area (Å²) in [4.78, 5) is 0. The largest absolute Gasteiger partial charge is 0.0588 e. The van der Waals surface area contributed by atoms with Gasteiger partial charge in [0.25, 0.3) is 0 Å². The molecule has 4 aliphatic rings. The summed E-state index contributed by atoms with van der Waals surface area (Å²) in [5.74, 6) is 0. The molecule has 21 heavy (non-hydrogen) atoms. The van der Waals surface area contributed by atoms with E-state index in [0.717, 1.165) is 0 Å². The molecule has 0 heterocycles. The predicted octanol–water partition coefficient (Wildman–Crippen LogP) is 5.52. The molecule has 0 saturated heterocycles. The molecule has 0 N–H and O–H groups in total. The lowest BCUT2D eigenvalue weighted by Crippen LogP contribution is -1.91. The zero-order valence-electron chi connectivity index (χ0n) is 13.0. The molecule has 0 atom stereocenters. The van der Waals surface area contributed by atoms with Gasteiger partial charge in [-0.25, -0.2) is 0 Å². The Hall–Kier alpha value is -1.56. The predicted molar refractivity (Wildman–Crippen MR) is 90.8 cm³/mol. The highest BCUT2D eigenvalue weighted by Crippen LogP contribution is 2.15. The van der Waals surface area contributed by atoms with Crippen molar-refractivity contribution in [2.45, 2.75) is 57.8 Å². The van der Waals surface area contributed by atoms with Gasteiger partial charge in [-0.1, -0.05) is 55.0 Å². The molecule has 6 rings (SSSR count). The van der Waals surface area contributed by atoms with E-state index in [1.807, 2.05) is 0 Å². The van der Waals surface area contributed by atoms with Gasteiger partial charge in [0, 0.05) is 0 Å². The van der Waals surface area contributed by atoms with Crippen LogP contribution in [0.25, 0.3) is 0 Å². The third kappa shape index (κ3) is 4.46. The fraction of sp³-hybridized carbons (Fsp3) is 0.429. The van der Waals surface area contributed by atoms with Crippen LogP contribution in [0.1, 0.15) is 54.4 Å². The Labute approximate surface area is 129 Å². The summed E-state index contributed by atoms with van der Waals surface area (Å²) in [5.41, 5.74) is 6.01. The molecule has 0 aliphatic heterocycles. The van der Waals surface area contributed by atoms with Crippen LogP contribution in [0.15, 0.2) is 48.5 Å². The van der Waals surface area contributed by atoms with Gasteiger partial charge < -0.3 is 0 Å². The first-order chi connectivity index (χ1) is 10.4. The zero-order valence-corrected chi connectivity index (χ0v) is 13.0. The van der Waals surface area contributed by atoms with E-state index in [0.29, 0.717) is 0 Å². The van der Waals surface area contributed by atoms with E-state index in [1.165, 1.54) is 80.0 Å². The summed E-state index contributed by atoms with van der Waals surface area (Å²) >= 11 is 0. The molecule has 2 aromatic rings. The monoisotopic (exact) mass is 278 g/mol.